The van der Waals surface area contributed by atoms with Crippen molar-refractivity contribution in [2.24, 2.45) is 0 Å². The van der Waals surface area contributed by atoms with Crippen molar-refractivity contribution in [1.29, 1.82) is 0 Å². The quantitative estimate of drug-likeness (QED) is 0.318. The average Bonchev–Trinajstić information content (AvgIpc) is 3.40. The first-order chi connectivity index (χ1) is 14.1. The number of carbonyl (C=O) groups is 1. The number of aromatic nitrogens is 1. The van der Waals surface area contributed by atoms with Crippen LogP contribution in [0.3, 0.4) is 0 Å². The number of carbonyl (C=O) groups excluding carboxylic acids is 1. The van der Waals surface area contributed by atoms with E-state index in [1.807, 2.05) is 30.3 Å². The molecule has 7 heteroatoms. The minimum absolute atomic E-state index is 0.0103. The third-order valence-electron chi connectivity index (χ3n) is 4.39. The monoisotopic (exact) mass is 440 g/mol. The number of rotatable bonds is 7. The maximum Gasteiger partial charge on any atom is 0.239 e. The summed E-state index contributed by atoms with van der Waals surface area (Å²) in [4.78, 5) is 21.8. The lowest BCUT2D eigenvalue weighted by Crippen LogP contribution is -2.31. The topological polar surface area (TPSA) is 46.3 Å². The lowest BCUT2D eigenvalue weighted by atomic mass is 10.2. The zero-order valence-electron chi connectivity index (χ0n) is 16.1. The molecule has 0 fully saturated rings. The Morgan fingerprint density at radius 1 is 1.14 bits per heavy atom. The molecule has 0 atom stereocenters. The minimum atomic E-state index is 0.0103. The van der Waals surface area contributed by atoms with Crippen LogP contribution in [0.4, 0.5) is 5.13 Å². The van der Waals surface area contributed by atoms with Gasteiger partial charge >= 0.3 is 0 Å². The van der Waals surface area contributed by atoms with Gasteiger partial charge in [-0.1, -0.05) is 29.0 Å². The number of hydrogen-bond donors (Lipinski definition) is 0. The van der Waals surface area contributed by atoms with Crippen LogP contribution in [0.2, 0.25) is 0 Å². The number of amides is 1. The number of furan rings is 1. The van der Waals surface area contributed by atoms with Crippen LogP contribution in [-0.2, 0) is 11.3 Å². The highest BCUT2D eigenvalue weighted by atomic mass is 32.2. The first-order valence-electron chi connectivity index (χ1n) is 9.09. The first-order valence-corrected chi connectivity index (χ1v) is 12.1. The van der Waals surface area contributed by atoms with E-state index >= 15 is 0 Å². The van der Waals surface area contributed by atoms with Crippen molar-refractivity contribution in [2.45, 2.75) is 23.3 Å². The number of fused-ring (bicyclic) bond motifs is 1. The standard InChI is InChI=1S/C22H20N2O2S3/c1-15-5-7-17(8-6-15)28-14-21(25)24(13-16-4-3-11-26-16)22-23-19-10-9-18(27-2)12-20(19)29-22/h3-12H,13-14H2,1-2H3. The molecule has 1 amide bonds. The van der Waals surface area contributed by atoms with E-state index in [9.17, 15) is 4.79 Å². The summed E-state index contributed by atoms with van der Waals surface area (Å²) in [6.07, 6.45) is 3.68. The molecule has 0 aliphatic rings. The first kappa shape index (κ1) is 20.1. The van der Waals surface area contributed by atoms with Gasteiger partial charge in [-0.15, -0.1) is 23.5 Å². The van der Waals surface area contributed by atoms with Crippen molar-refractivity contribution in [3.8, 4) is 0 Å². The second kappa shape index (κ2) is 9.07. The van der Waals surface area contributed by atoms with Crippen molar-refractivity contribution in [2.75, 3.05) is 16.9 Å². The molecular weight excluding hydrogens is 420 g/mol. The van der Waals surface area contributed by atoms with Crippen LogP contribution in [0.1, 0.15) is 11.3 Å². The van der Waals surface area contributed by atoms with Crippen LogP contribution in [0, 0.1) is 6.92 Å². The Hall–Kier alpha value is -2.22. The Bertz CT molecular complexity index is 1110. The fourth-order valence-corrected chi connectivity index (χ4v) is 5.12. The van der Waals surface area contributed by atoms with Crippen molar-refractivity contribution in [3.05, 3.63) is 72.2 Å². The molecule has 148 valence electrons. The molecule has 0 aliphatic heterocycles. The van der Waals surface area contributed by atoms with Crippen molar-refractivity contribution in [1.82, 2.24) is 4.98 Å². The molecule has 4 nitrogen and oxygen atoms in total. The van der Waals surface area contributed by atoms with Gasteiger partial charge in [0, 0.05) is 9.79 Å². The number of hydrogen-bond acceptors (Lipinski definition) is 6. The molecule has 0 aliphatic carbocycles. The number of thiazole rings is 1. The lowest BCUT2D eigenvalue weighted by molar-refractivity contribution is -0.116. The van der Waals surface area contributed by atoms with Gasteiger partial charge in [0.25, 0.3) is 0 Å². The van der Waals surface area contributed by atoms with Crippen LogP contribution in [-0.4, -0.2) is 22.9 Å². The highest BCUT2D eigenvalue weighted by Crippen LogP contribution is 2.33. The minimum Gasteiger partial charge on any atom is -0.467 e. The second-order valence-corrected chi connectivity index (χ2v) is 9.43. The molecule has 4 aromatic rings. The van der Waals surface area contributed by atoms with Crippen LogP contribution < -0.4 is 4.90 Å². The van der Waals surface area contributed by atoms with Gasteiger partial charge in [-0.25, -0.2) is 4.98 Å². The molecule has 2 aromatic heterocycles. The van der Waals surface area contributed by atoms with Gasteiger partial charge < -0.3 is 4.42 Å². The Morgan fingerprint density at radius 2 is 1.93 bits per heavy atom. The molecule has 0 bridgehead atoms. The van der Waals surface area contributed by atoms with Gasteiger partial charge in [-0.2, -0.15) is 0 Å². The fraction of sp³-hybridized carbons (Fsp3) is 0.182. The van der Waals surface area contributed by atoms with E-state index in [1.165, 1.54) is 33.6 Å². The molecule has 0 saturated heterocycles. The molecule has 4 rings (SSSR count). The number of anilines is 1. The summed E-state index contributed by atoms with van der Waals surface area (Å²) in [7, 11) is 0. The zero-order chi connectivity index (χ0) is 20.2. The van der Waals surface area contributed by atoms with Crippen LogP contribution in [0.25, 0.3) is 10.2 Å². The maximum absolute atomic E-state index is 13.1. The predicted octanol–water partition coefficient (Wildman–Crippen LogP) is 6.25. The summed E-state index contributed by atoms with van der Waals surface area (Å²) in [5, 5.41) is 0.698. The Kier molecular flexibility index (Phi) is 6.28. The number of nitrogens with zero attached hydrogens (tertiary/aromatic N) is 2. The number of thioether (sulfide) groups is 2. The van der Waals surface area contributed by atoms with E-state index in [0.29, 0.717) is 17.4 Å². The maximum atomic E-state index is 13.1. The lowest BCUT2D eigenvalue weighted by Gasteiger charge is -2.18. The smallest absolute Gasteiger partial charge is 0.239 e. The molecule has 2 heterocycles. The summed E-state index contributed by atoms with van der Waals surface area (Å²) in [6.45, 7) is 2.43. The number of aryl methyl sites for hydroxylation is 1. The Balaban J connectivity index is 1.58. The van der Waals surface area contributed by atoms with E-state index in [2.05, 4.69) is 37.4 Å². The molecular formula is C22H20N2O2S3. The molecule has 0 unspecified atom stereocenters. The third kappa shape index (κ3) is 4.86. The summed E-state index contributed by atoms with van der Waals surface area (Å²) in [5.74, 6) is 1.09. The van der Waals surface area contributed by atoms with Crippen molar-refractivity contribution < 1.29 is 9.21 Å². The zero-order valence-corrected chi connectivity index (χ0v) is 18.6. The molecule has 0 saturated carbocycles. The van der Waals surface area contributed by atoms with Crippen LogP contribution >= 0.6 is 34.9 Å². The molecule has 2 aromatic carbocycles. The Morgan fingerprint density at radius 3 is 2.66 bits per heavy atom. The van der Waals surface area contributed by atoms with Crippen molar-refractivity contribution >= 4 is 56.1 Å². The SMILES string of the molecule is CSc1ccc2nc(N(Cc3ccco3)C(=O)CSc3ccc(C)cc3)sc2c1. The molecule has 0 spiro atoms. The highest BCUT2D eigenvalue weighted by molar-refractivity contribution is 8.00. The van der Waals surface area contributed by atoms with Gasteiger partial charge in [0.1, 0.15) is 5.76 Å². The van der Waals surface area contributed by atoms with Gasteiger partial charge in [-0.3, -0.25) is 9.69 Å². The Labute approximate surface area is 182 Å². The van der Waals surface area contributed by atoms with Gasteiger partial charge in [0.15, 0.2) is 5.13 Å². The normalized spacial score (nSPS) is 11.1. The molecule has 29 heavy (non-hydrogen) atoms. The third-order valence-corrected chi connectivity index (χ3v) is 7.16. The highest BCUT2D eigenvalue weighted by Gasteiger charge is 2.21. The fourth-order valence-electron chi connectivity index (χ4n) is 2.81. The van der Waals surface area contributed by atoms with Crippen LogP contribution in [0.5, 0.6) is 0 Å². The summed E-state index contributed by atoms with van der Waals surface area (Å²) >= 11 is 4.77. The van der Waals surface area contributed by atoms with E-state index < -0.39 is 0 Å². The molecule has 0 radical (unpaired) electrons. The average molecular weight is 441 g/mol. The largest absolute Gasteiger partial charge is 0.467 e. The van der Waals surface area contributed by atoms with E-state index in [-0.39, 0.29) is 5.91 Å². The van der Waals surface area contributed by atoms with Crippen LogP contribution in [0.15, 0.2) is 75.1 Å². The predicted molar refractivity (Wildman–Crippen MR) is 123 cm³/mol. The van der Waals surface area contributed by atoms with E-state index in [0.717, 1.165) is 20.9 Å². The summed E-state index contributed by atoms with van der Waals surface area (Å²) in [6, 6.07) is 18.1. The van der Waals surface area contributed by atoms with E-state index in [4.69, 9.17) is 9.40 Å². The van der Waals surface area contributed by atoms with Gasteiger partial charge in [0.2, 0.25) is 5.91 Å². The van der Waals surface area contributed by atoms with Gasteiger partial charge in [0.05, 0.1) is 28.8 Å². The molecule has 0 N–H and O–H groups in total. The number of benzene rings is 2. The van der Waals surface area contributed by atoms with E-state index in [1.54, 1.807) is 22.9 Å². The summed E-state index contributed by atoms with van der Waals surface area (Å²) in [5.41, 5.74) is 2.12. The van der Waals surface area contributed by atoms with Crippen molar-refractivity contribution in [3.63, 3.8) is 0 Å². The van der Waals surface area contributed by atoms with Gasteiger partial charge in [-0.05, 0) is 55.6 Å². The summed E-state index contributed by atoms with van der Waals surface area (Å²) < 4.78 is 6.57. The second-order valence-electron chi connectivity index (χ2n) is 6.49.